The molecule has 3 heteroatoms. The van der Waals surface area contributed by atoms with Crippen molar-refractivity contribution in [1.29, 1.82) is 0 Å². The molecule has 0 bridgehead atoms. The molecule has 1 unspecified atom stereocenters. The van der Waals surface area contributed by atoms with E-state index in [1.807, 2.05) is 25.1 Å². The van der Waals surface area contributed by atoms with Gasteiger partial charge in [-0.1, -0.05) is 37.3 Å². The topological polar surface area (TPSA) is 26.3 Å². The third-order valence-electron chi connectivity index (χ3n) is 3.13. The van der Waals surface area contributed by atoms with Crippen molar-refractivity contribution in [3.8, 4) is 5.75 Å². The van der Waals surface area contributed by atoms with Crippen LogP contribution in [0.4, 0.5) is 4.39 Å². The van der Waals surface area contributed by atoms with Gasteiger partial charge in [-0.2, -0.15) is 0 Å². The quantitative estimate of drug-likeness (QED) is 0.763. The van der Waals surface area contributed by atoms with Crippen LogP contribution in [0, 0.1) is 12.7 Å². The molecule has 0 aliphatic heterocycles. The number of rotatable bonds is 5. The first kappa shape index (κ1) is 14.3. The van der Waals surface area contributed by atoms with Gasteiger partial charge in [-0.3, -0.25) is 4.79 Å². The summed E-state index contributed by atoms with van der Waals surface area (Å²) in [4.78, 5) is 12.4. The Morgan fingerprint density at radius 1 is 1.20 bits per heavy atom. The maximum atomic E-state index is 13.1. The molecule has 2 aromatic rings. The van der Waals surface area contributed by atoms with Gasteiger partial charge in [-0.15, -0.1) is 0 Å². The Kier molecular flexibility index (Phi) is 4.51. The van der Waals surface area contributed by atoms with Gasteiger partial charge in [-0.05, 0) is 37.1 Å². The summed E-state index contributed by atoms with van der Waals surface area (Å²) in [5.41, 5.74) is 1.31. The van der Waals surface area contributed by atoms with Crippen LogP contribution in [0.1, 0.15) is 29.3 Å². The van der Waals surface area contributed by atoms with Crippen molar-refractivity contribution in [3.05, 3.63) is 65.5 Å². The fourth-order valence-electron chi connectivity index (χ4n) is 2.01. The molecule has 0 heterocycles. The minimum Gasteiger partial charge on any atom is -0.482 e. The van der Waals surface area contributed by atoms with Gasteiger partial charge in [0, 0.05) is 5.56 Å². The predicted molar refractivity (Wildman–Crippen MR) is 76.6 cm³/mol. The Labute approximate surface area is 118 Å². The van der Waals surface area contributed by atoms with E-state index in [1.165, 1.54) is 12.1 Å². The van der Waals surface area contributed by atoms with E-state index < -0.39 is 6.10 Å². The second-order valence-electron chi connectivity index (χ2n) is 4.65. The van der Waals surface area contributed by atoms with Gasteiger partial charge in [0.1, 0.15) is 11.6 Å². The summed E-state index contributed by atoms with van der Waals surface area (Å²) in [7, 11) is 0. The third-order valence-corrected chi connectivity index (χ3v) is 3.13. The molecular weight excluding hydrogens is 255 g/mol. The van der Waals surface area contributed by atoms with Crippen LogP contribution in [-0.2, 0) is 0 Å². The molecule has 0 N–H and O–H groups in total. The third kappa shape index (κ3) is 3.23. The summed E-state index contributed by atoms with van der Waals surface area (Å²) in [5, 5.41) is 0. The first-order valence-corrected chi connectivity index (χ1v) is 6.64. The number of ether oxygens (including phenoxy) is 1. The molecule has 20 heavy (non-hydrogen) atoms. The molecule has 0 saturated carbocycles. The van der Waals surface area contributed by atoms with Gasteiger partial charge < -0.3 is 4.74 Å². The number of carbonyl (C=O) groups is 1. The zero-order valence-electron chi connectivity index (χ0n) is 11.6. The number of benzene rings is 2. The standard InChI is InChI=1S/C17H17FO2/c1-3-15(17(19)13-7-5-4-6-8-13)20-16-10-9-14(18)11-12(16)2/h4-11,15H,3H2,1-2H3. The fraction of sp³-hybridized carbons (Fsp3) is 0.235. The van der Waals surface area contributed by atoms with Gasteiger partial charge in [0.05, 0.1) is 0 Å². The number of Topliss-reactive ketones (excluding diaryl/α,β-unsaturated/α-hetero) is 1. The lowest BCUT2D eigenvalue weighted by Gasteiger charge is -2.18. The molecule has 104 valence electrons. The van der Waals surface area contributed by atoms with Gasteiger partial charge >= 0.3 is 0 Å². The molecule has 0 radical (unpaired) electrons. The Hall–Kier alpha value is -2.16. The number of aryl methyl sites for hydroxylation is 1. The van der Waals surface area contributed by atoms with Gasteiger partial charge in [0.25, 0.3) is 0 Å². The summed E-state index contributed by atoms with van der Waals surface area (Å²) in [5.74, 6) is 0.177. The minimum absolute atomic E-state index is 0.0585. The molecule has 2 nitrogen and oxygen atoms in total. The van der Waals surface area contributed by atoms with Crippen molar-refractivity contribution in [1.82, 2.24) is 0 Å². The van der Waals surface area contributed by atoms with Crippen LogP contribution in [0.15, 0.2) is 48.5 Å². The highest BCUT2D eigenvalue weighted by Gasteiger charge is 2.20. The number of ketones is 1. The maximum Gasteiger partial charge on any atom is 0.203 e. The Morgan fingerprint density at radius 3 is 2.50 bits per heavy atom. The van der Waals surface area contributed by atoms with E-state index in [0.717, 1.165) is 0 Å². The molecule has 0 spiro atoms. The van der Waals surface area contributed by atoms with Crippen LogP contribution >= 0.6 is 0 Å². The molecule has 1 atom stereocenters. The largest absolute Gasteiger partial charge is 0.482 e. The van der Waals surface area contributed by atoms with Crippen molar-refractivity contribution in [2.24, 2.45) is 0 Å². The fourth-order valence-corrected chi connectivity index (χ4v) is 2.01. The minimum atomic E-state index is -0.554. The zero-order valence-corrected chi connectivity index (χ0v) is 11.6. The molecular formula is C17H17FO2. The Bertz CT molecular complexity index is 593. The predicted octanol–water partition coefficient (Wildman–Crippen LogP) is 4.17. The Morgan fingerprint density at radius 2 is 1.90 bits per heavy atom. The monoisotopic (exact) mass is 272 g/mol. The lowest BCUT2D eigenvalue weighted by atomic mass is 10.0. The lowest BCUT2D eigenvalue weighted by molar-refractivity contribution is 0.0785. The van der Waals surface area contributed by atoms with Crippen LogP contribution in [0.2, 0.25) is 0 Å². The summed E-state index contributed by atoms with van der Waals surface area (Å²) >= 11 is 0. The highest BCUT2D eigenvalue weighted by atomic mass is 19.1. The van der Waals surface area contributed by atoms with Crippen molar-refractivity contribution in [2.45, 2.75) is 26.4 Å². The normalized spacial score (nSPS) is 11.9. The average molecular weight is 272 g/mol. The Balaban J connectivity index is 2.19. The SMILES string of the molecule is CCC(Oc1ccc(F)cc1C)C(=O)c1ccccc1. The molecule has 0 aromatic heterocycles. The van der Waals surface area contributed by atoms with Crippen molar-refractivity contribution >= 4 is 5.78 Å². The highest BCUT2D eigenvalue weighted by molar-refractivity contribution is 5.99. The van der Waals surface area contributed by atoms with Crippen LogP contribution in [0.5, 0.6) is 5.75 Å². The first-order chi connectivity index (χ1) is 9.61. The van der Waals surface area contributed by atoms with Crippen LogP contribution in [0.3, 0.4) is 0 Å². The maximum absolute atomic E-state index is 13.1. The number of carbonyl (C=O) groups excluding carboxylic acids is 1. The van der Waals surface area contributed by atoms with E-state index >= 15 is 0 Å². The second kappa shape index (κ2) is 6.33. The molecule has 0 amide bonds. The zero-order chi connectivity index (χ0) is 14.5. The van der Waals surface area contributed by atoms with E-state index in [0.29, 0.717) is 23.3 Å². The van der Waals surface area contributed by atoms with E-state index in [-0.39, 0.29) is 11.6 Å². The van der Waals surface area contributed by atoms with Gasteiger partial charge in [0.2, 0.25) is 5.78 Å². The molecule has 2 rings (SSSR count). The van der Waals surface area contributed by atoms with Crippen molar-refractivity contribution < 1.29 is 13.9 Å². The molecule has 2 aromatic carbocycles. The highest BCUT2D eigenvalue weighted by Crippen LogP contribution is 2.22. The second-order valence-corrected chi connectivity index (χ2v) is 4.65. The summed E-state index contributed by atoms with van der Waals surface area (Å²) in [6.07, 6.45) is 0.00595. The molecule has 0 saturated heterocycles. The number of halogens is 1. The summed E-state index contributed by atoms with van der Waals surface area (Å²) in [6, 6.07) is 13.3. The van der Waals surface area contributed by atoms with Gasteiger partial charge in [-0.25, -0.2) is 4.39 Å². The van der Waals surface area contributed by atoms with Crippen molar-refractivity contribution in [3.63, 3.8) is 0 Å². The van der Waals surface area contributed by atoms with Crippen molar-refractivity contribution in [2.75, 3.05) is 0 Å². The summed E-state index contributed by atoms with van der Waals surface area (Å²) < 4.78 is 18.8. The van der Waals surface area contributed by atoms with E-state index in [2.05, 4.69) is 0 Å². The molecule has 0 aliphatic carbocycles. The van der Waals surface area contributed by atoms with E-state index in [4.69, 9.17) is 4.74 Å². The van der Waals surface area contributed by atoms with Crippen LogP contribution in [-0.4, -0.2) is 11.9 Å². The smallest absolute Gasteiger partial charge is 0.203 e. The molecule has 0 fully saturated rings. The van der Waals surface area contributed by atoms with Crippen LogP contribution < -0.4 is 4.74 Å². The summed E-state index contributed by atoms with van der Waals surface area (Å²) in [6.45, 7) is 3.66. The van der Waals surface area contributed by atoms with E-state index in [9.17, 15) is 9.18 Å². The lowest BCUT2D eigenvalue weighted by Crippen LogP contribution is -2.27. The first-order valence-electron chi connectivity index (χ1n) is 6.64. The average Bonchev–Trinajstić information content (AvgIpc) is 2.47. The molecule has 0 aliphatic rings. The van der Waals surface area contributed by atoms with Crippen LogP contribution in [0.25, 0.3) is 0 Å². The number of hydrogen-bond donors (Lipinski definition) is 0. The van der Waals surface area contributed by atoms with E-state index in [1.54, 1.807) is 25.1 Å². The van der Waals surface area contributed by atoms with Gasteiger partial charge in [0.15, 0.2) is 6.10 Å². The number of hydrogen-bond acceptors (Lipinski definition) is 2.